The number of carbonyl (C=O) groups is 1. The van der Waals surface area contributed by atoms with Crippen molar-refractivity contribution >= 4 is 17.7 Å². The topological polar surface area (TPSA) is 32.3 Å². The van der Waals surface area contributed by atoms with Gasteiger partial charge < -0.3 is 4.90 Å². The summed E-state index contributed by atoms with van der Waals surface area (Å²) >= 11 is 1.80. The van der Waals surface area contributed by atoms with Crippen LogP contribution in [0.4, 0.5) is 0 Å². The summed E-state index contributed by atoms with van der Waals surface area (Å²) in [5.41, 5.74) is 0. The van der Waals surface area contributed by atoms with Gasteiger partial charge in [-0.25, -0.2) is 0 Å². The van der Waals surface area contributed by atoms with Gasteiger partial charge in [0.2, 0.25) is 5.91 Å². The highest BCUT2D eigenvalue weighted by atomic mass is 32.2. The van der Waals surface area contributed by atoms with Crippen LogP contribution in [0, 0.1) is 11.8 Å². The molecule has 0 spiro atoms. The van der Waals surface area contributed by atoms with Crippen LogP contribution in [0.5, 0.6) is 0 Å². The van der Waals surface area contributed by atoms with Crippen molar-refractivity contribution in [3.8, 4) is 0 Å². The number of amides is 1. The third-order valence-electron chi connectivity index (χ3n) is 3.16. The summed E-state index contributed by atoms with van der Waals surface area (Å²) in [5.74, 6) is 2.35. The van der Waals surface area contributed by atoms with Gasteiger partial charge in [-0.2, -0.15) is 11.8 Å². The maximum Gasteiger partial charge on any atom is 0.241 e. The third kappa shape index (κ3) is 3.88. The molecule has 1 saturated heterocycles. The molecule has 100 valence electrons. The number of hydrogen-bond donors (Lipinski definition) is 1. The molecule has 1 heterocycles. The molecule has 1 rings (SSSR count). The molecule has 0 aromatic rings. The van der Waals surface area contributed by atoms with Crippen molar-refractivity contribution in [3.05, 3.63) is 0 Å². The van der Waals surface area contributed by atoms with Gasteiger partial charge in [0.1, 0.15) is 0 Å². The lowest BCUT2D eigenvalue weighted by Crippen LogP contribution is -2.42. The van der Waals surface area contributed by atoms with Gasteiger partial charge in [0.15, 0.2) is 0 Å². The zero-order chi connectivity index (χ0) is 13.0. The van der Waals surface area contributed by atoms with Crippen molar-refractivity contribution in [2.45, 2.75) is 46.3 Å². The number of nitrogens with zero attached hydrogens (tertiary/aromatic N) is 1. The minimum absolute atomic E-state index is 0.0317. The summed E-state index contributed by atoms with van der Waals surface area (Å²) in [6.07, 6.45) is 3.25. The molecule has 17 heavy (non-hydrogen) atoms. The molecule has 1 fully saturated rings. The van der Waals surface area contributed by atoms with Gasteiger partial charge in [-0.15, -0.1) is 0 Å². The van der Waals surface area contributed by atoms with E-state index in [9.17, 15) is 4.79 Å². The van der Waals surface area contributed by atoms with Crippen LogP contribution in [-0.2, 0) is 4.79 Å². The van der Waals surface area contributed by atoms with Gasteiger partial charge in [0, 0.05) is 12.3 Å². The summed E-state index contributed by atoms with van der Waals surface area (Å²) in [5, 5.41) is 3.50. The third-order valence-corrected chi connectivity index (χ3v) is 3.75. The maximum atomic E-state index is 12.3. The average Bonchev–Trinajstić information content (AvgIpc) is 2.53. The average molecular weight is 258 g/mol. The van der Waals surface area contributed by atoms with E-state index in [1.54, 1.807) is 11.8 Å². The number of thioether (sulfide) groups is 1. The quantitative estimate of drug-likeness (QED) is 0.792. The fourth-order valence-electron chi connectivity index (χ4n) is 2.34. The van der Waals surface area contributed by atoms with Gasteiger partial charge in [-0.3, -0.25) is 10.1 Å². The first kappa shape index (κ1) is 14.8. The molecule has 0 aromatic heterocycles. The summed E-state index contributed by atoms with van der Waals surface area (Å²) in [6, 6.07) is 0.0317. The van der Waals surface area contributed by atoms with Crippen LogP contribution in [0.1, 0.15) is 34.1 Å². The van der Waals surface area contributed by atoms with E-state index in [1.807, 2.05) is 4.90 Å². The first-order valence-corrected chi connectivity index (χ1v) is 7.92. The smallest absolute Gasteiger partial charge is 0.241 e. The molecule has 0 bridgehead atoms. The largest absolute Gasteiger partial charge is 0.325 e. The first-order chi connectivity index (χ1) is 7.97. The lowest BCUT2D eigenvalue weighted by Gasteiger charge is -2.26. The summed E-state index contributed by atoms with van der Waals surface area (Å²) < 4.78 is 0. The molecule has 0 saturated carbocycles. The van der Waals surface area contributed by atoms with Crippen LogP contribution in [0.3, 0.4) is 0 Å². The van der Waals surface area contributed by atoms with Gasteiger partial charge in [-0.1, -0.05) is 27.7 Å². The van der Waals surface area contributed by atoms with Gasteiger partial charge in [0.25, 0.3) is 0 Å². The van der Waals surface area contributed by atoms with E-state index in [4.69, 9.17) is 0 Å². The van der Waals surface area contributed by atoms with Crippen LogP contribution in [0.25, 0.3) is 0 Å². The molecule has 1 aliphatic heterocycles. The fourth-order valence-corrected chi connectivity index (χ4v) is 2.72. The highest BCUT2D eigenvalue weighted by Crippen LogP contribution is 2.21. The van der Waals surface area contributed by atoms with Crippen LogP contribution in [0.2, 0.25) is 0 Å². The van der Waals surface area contributed by atoms with E-state index >= 15 is 0 Å². The van der Waals surface area contributed by atoms with E-state index in [2.05, 4.69) is 39.3 Å². The van der Waals surface area contributed by atoms with Gasteiger partial charge >= 0.3 is 0 Å². The molecular weight excluding hydrogens is 232 g/mol. The zero-order valence-corrected chi connectivity index (χ0v) is 12.5. The molecule has 0 aromatic carbocycles. The van der Waals surface area contributed by atoms with E-state index < -0.39 is 0 Å². The number of nitrogens with one attached hydrogen (secondary N) is 1. The van der Waals surface area contributed by atoms with E-state index in [0.29, 0.717) is 17.7 Å². The van der Waals surface area contributed by atoms with Crippen LogP contribution in [0.15, 0.2) is 0 Å². The molecule has 2 atom stereocenters. The van der Waals surface area contributed by atoms with Gasteiger partial charge in [-0.05, 0) is 24.5 Å². The fraction of sp³-hybridized carbons (Fsp3) is 0.923. The minimum Gasteiger partial charge on any atom is -0.325 e. The minimum atomic E-state index is 0.0317. The number of hydrogen-bond acceptors (Lipinski definition) is 3. The molecule has 4 heteroatoms. The van der Waals surface area contributed by atoms with Crippen molar-refractivity contribution in [1.82, 2.24) is 10.2 Å². The number of carbonyl (C=O) groups excluding carboxylic acids is 1. The molecule has 1 aliphatic rings. The Balaban J connectivity index is 2.67. The zero-order valence-electron chi connectivity index (χ0n) is 11.7. The molecule has 1 amide bonds. The Morgan fingerprint density at radius 1 is 1.35 bits per heavy atom. The SMILES string of the molecule is CSCCN1C(=O)C(CC(C)C)NC1C(C)C. The second-order valence-corrected chi connectivity index (χ2v) is 6.55. The molecule has 1 N–H and O–H groups in total. The van der Waals surface area contributed by atoms with E-state index in [0.717, 1.165) is 18.7 Å². The second kappa shape index (κ2) is 6.64. The highest BCUT2D eigenvalue weighted by Gasteiger charge is 2.39. The van der Waals surface area contributed by atoms with Crippen molar-refractivity contribution < 1.29 is 4.79 Å². The number of rotatable bonds is 6. The lowest BCUT2D eigenvalue weighted by molar-refractivity contribution is -0.130. The molecule has 3 nitrogen and oxygen atoms in total. The standard InChI is InChI=1S/C13H26N2OS/c1-9(2)8-11-13(16)15(6-7-17-5)12(14-11)10(3)4/h9-12,14H,6-8H2,1-5H3. The Morgan fingerprint density at radius 3 is 2.47 bits per heavy atom. The highest BCUT2D eigenvalue weighted by molar-refractivity contribution is 7.98. The Bertz CT molecular complexity index is 256. The Hall–Kier alpha value is -0.220. The van der Waals surface area contributed by atoms with Gasteiger partial charge in [0.05, 0.1) is 12.2 Å². The van der Waals surface area contributed by atoms with Crippen molar-refractivity contribution in [2.24, 2.45) is 11.8 Å². The molecule has 2 unspecified atom stereocenters. The van der Waals surface area contributed by atoms with Crippen molar-refractivity contribution in [1.29, 1.82) is 0 Å². The second-order valence-electron chi connectivity index (χ2n) is 5.56. The van der Waals surface area contributed by atoms with Crippen LogP contribution in [-0.4, -0.2) is 41.6 Å². The Morgan fingerprint density at radius 2 is 2.00 bits per heavy atom. The predicted molar refractivity (Wildman–Crippen MR) is 75.1 cm³/mol. The Labute approximate surface area is 110 Å². The summed E-state index contributed by atoms with van der Waals surface area (Å²) in [6.45, 7) is 9.56. The first-order valence-electron chi connectivity index (χ1n) is 6.52. The summed E-state index contributed by atoms with van der Waals surface area (Å²) in [7, 11) is 0. The van der Waals surface area contributed by atoms with Crippen LogP contribution < -0.4 is 5.32 Å². The monoisotopic (exact) mass is 258 g/mol. The van der Waals surface area contributed by atoms with E-state index in [-0.39, 0.29) is 12.2 Å². The normalized spacial score (nSPS) is 25.4. The van der Waals surface area contributed by atoms with Crippen molar-refractivity contribution in [3.63, 3.8) is 0 Å². The Kier molecular flexibility index (Phi) is 5.80. The molecule has 0 radical (unpaired) electrons. The summed E-state index contributed by atoms with van der Waals surface area (Å²) in [4.78, 5) is 14.4. The molecular formula is C13H26N2OS. The van der Waals surface area contributed by atoms with Crippen molar-refractivity contribution in [2.75, 3.05) is 18.6 Å². The van der Waals surface area contributed by atoms with Crippen LogP contribution >= 0.6 is 11.8 Å². The predicted octanol–water partition coefficient (Wildman–Crippen LogP) is 2.18. The molecule has 0 aliphatic carbocycles. The maximum absolute atomic E-state index is 12.3. The van der Waals surface area contributed by atoms with E-state index in [1.165, 1.54) is 0 Å². The lowest BCUT2D eigenvalue weighted by atomic mass is 10.0.